The molecule has 6 aromatic carbocycles. The van der Waals surface area contributed by atoms with Crippen molar-refractivity contribution in [2.45, 2.75) is 73.6 Å². The average Bonchev–Trinajstić information content (AvgIpc) is 3.71. The largest absolute Gasteiger partial charge is 0.315 e. The number of fused-ring (bicyclic) bond motifs is 11. The summed E-state index contributed by atoms with van der Waals surface area (Å²) in [5.41, 5.74) is 25.2. The number of aryl methyl sites for hydroxylation is 1. The lowest BCUT2D eigenvalue weighted by Crippen LogP contribution is -2.60. The number of hydrogen-bond donors (Lipinski definition) is 0. The number of rotatable bonds is 2. The molecule has 12 rings (SSSR count). The lowest BCUT2D eigenvalue weighted by Gasteiger charge is -2.44. The third-order valence-electron chi connectivity index (χ3n) is 13.5. The fourth-order valence-electron chi connectivity index (χ4n) is 11.8. The normalized spacial score (nSPS) is 15.3. The van der Waals surface area contributed by atoms with Crippen LogP contribution >= 0.6 is 0 Å². The summed E-state index contributed by atoms with van der Waals surface area (Å²) in [6.45, 7) is 19.1. The third-order valence-corrected chi connectivity index (χ3v) is 13.5. The van der Waals surface area contributed by atoms with Gasteiger partial charge in [-0.1, -0.05) is 126 Å². The highest BCUT2D eigenvalue weighted by atomic mass is 15.1. The zero-order valence-corrected chi connectivity index (χ0v) is 32.7. The van der Waals surface area contributed by atoms with E-state index in [2.05, 4.69) is 168 Å². The molecule has 0 saturated carbocycles. The second kappa shape index (κ2) is 9.68. The van der Waals surface area contributed by atoms with Crippen molar-refractivity contribution in [3.63, 3.8) is 0 Å². The standard InChI is InChI=1S/C51H45BN2/c1-28-29(2)53-43-21-20-39-48-44(43)52(41-19-13-16-32(28)46(41)53)42-25-31(27-50(6,7)8)23-36-35-22-30(26-49(3,4)5)24-40(45(35)54(48)47(36)42)51(39)37-17-11-9-14-33(37)34-15-10-12-18-38(34)51/h9-25H,26-27H2,1-8H3. The Hall–Kier alpha value is -5.28. The molecule has 8 aromatic rings. The minimum atomic E-state index is -0.446. The summed E-state index contributed by atoms with van der Waals surface area (Å²) in [5, 5.41) is 4.20. The molecule has 0 atom stereocenters. The van der Waals surface area contributed by atoms with E-state index in [1.54, 1.807) is 0 Å². The van der Waals surface area contributed by atoms with Crippen LogP contribution in [0.15, 0.2) is 103 Å². The highest BCUT2D eigenvalue weighted by molar-refractivity contribution is 7.00. The quantitative estimate of drug-likeness (QED) is 0.159. The molecule has 3 heteroatoms. The molecule has 54 heavy (non-hydrogen) atoms. The molecule has 0 saturated heterocycles. The first kappa shape index (κ1) is 31.1. The Bertz CT molecular complexity index is 3000. The predicted octanol–water partition coefficient (Wildman–Crippen LogP) is 10.3. The summed E-state index contributed by atoms with van der Waals surface area (Å²) in [5.74, 6) is 0. The molecule has 1 aliphatic carbocycles. The molecular formula is C51H45BN2. The summed E-state index contributed by atoms with van der Waals surface area (Å²) in [7, 11) is 0. The number of para-hydroxylation sites is 1. The van der Waals surface area contributed by atoms with Crippen molar-refractivity contribution in [1.82, 2.24) is 9.13 Å². The Morgan fingerprint density at radius 1 is 0.537 bits per heavy atom. The Labute approximate surface area is 318 Å². The summed E-state index contributed by atoms with van der Waals surface area (Å²) >= 11 is 0. The van der Waals surface area contributed by atoms with Gasteiger partial charge in [-0.15, -0.1) is 0 Å². The zero-order valence-electron chi connectivity index (χ0n) is 32.7. The summed E-state index contributed by atoms with van der Waals surface area (Å²) in [4.78, 5) is 0. The Morgan fingerprint density at radius 3 is 1.81 bits per heavy atom. The molecule has 2 aromatic heterocycles. The van der Waals surface area contributed by atoms with Crippen molar-refractivity contribution >= 4 is 55.8 Å². The van der Waals surface area contributed by atoms with Gasteiger partial charge in [0.1, 0.15) is 0 Å². The lowest BCUT2D eigenvalue weighted by atomic mass is 9.33. The van der Waals surface area contributed by atoms with Crippen LogP contribution in [-0.4, -0.2) is 15.8 Å². The maximum atomic E-state index is 2.76. The van der Waals surface area contributed by atoms with Crippen LogP contribution in [0.5, 0.6) is 0 Å². The summed E-state index contributed by atoms with van der Waals surface area (Å²) in [6.07, 6.45) is 2.05. The van der Waals surface area contributed by atoms with Crippen molar-refractivity contribution in [3.8, 4) is 22.5 Å². The van der Waals surface area contributed by atoms with Crippen LogP contribution in [0.25, 0.3) is 55.2 Å². The summed E-state index contributed by atoms with van der Waals surface area (Å²) < 4.78 is 5.37. The average molecular weight is 697 g/mol. The van der Waals surface area contributed by atoms with Crippen LogP contribution in [-0.2, 0) is 18.3 Å². The molecule has 0 radical (unpaired) electrons. The molecular weight excluding hydrogens is 651 g/mol. The second-order valence-corrected chi connectivity index (χ2v) is 19.4. The Kier molecular flexibility index (Phi) is 5.58. The molecule has 5 heterocycles. The van der Waals surface area contributed by atoms with E-state index in [4.69, 9.17) is 0 Å². The van der Waals surface area contributed by atoms with E-state index in [1.165, 1.54) is 116 Å². The number of hydrogen-bond acceptors (Lipinski definition) is 0. The molecule has 0 unspecified atom stereocenters. The molecule has 2 nitrogen and oxygen atoms in total. The summed E-state index contributed by atoms with van der Waals surface area (Å²) in [6, 6.07) is 41.2. The van der Waals surface area contributed by atoms with Gasteiger partial charge in [-0.25, -0.2) is 0 Å². The molecule has 0 amide bonds. The molecule has 1 spiro atoms. The van der Waals surface area contributed by atoms with Crippen LogP contribution in [0, 0.1) is 24.7 Å². The van der Waals surface area contributed by atoms with Crippen LogP contribution in [0.3, 0.4) is 0 Å². The van der Waals surface area contributed by atoms with Gasteiger partial charge in [-0.05, 0) is 122 Å². The molecule has 3 aliphatic heterocycles. The molecule has 262 valence electrons. The molecule has 0 N–H and O–H groups in total. The van der Waals surface area contributed by atoms with Gasteiger partial charge in [0.2, 0.25) is 0 Å². The van der Waals surface area contributed by atoms with E-state index in [0.717, 1.165) is 12.8 Å². The number of benzene rings is 6. The minimum Gasteiger partial charge on any atom is -0.315 e. The number of aromatic nitrogens is 2. The highest BCUT2D eigenvalue weighted by Gasteiger charge is 2.54. The Morgan fingerprint density at radius 2 is 1.15 bits per heavy atom. The third kappa shape index (κ3) is 3.56. The van der Waals surface area contributed by atoms with E-state index in [9.17, 15) is 0 Å². The van der Waals surface area contributed by atoms with Crippen LogP contribution in [0.2, 0.25) is 0 Å². The van der Waals surface area contributed by atoms with Crippen molar-refractivity contribution in [1.29, 1.82) is 0 Å². The van der Waals surface area contributed by atoms with Gasteiger partial charge in [-0.3, -0.25) is 0 Å². The predicted molar refractivity (Wildman–Crippen MR) is 229 cm³/mol. The topological polar surface area (TPSA) is 9.86 Å². The van der Waals surface area contributed by atoms with Crippen LogP contribution < -0.4 is 16.4 Å². The minimum absolute atomic E-state index is 0.138. The van der Waals surface area contributed by atoms with E-state index in [0.29, 0.717) is 0 Å². The van der Waals surface area contributed by atoms with Gasteiger partial charge in [0.25, 0.3) is 6.71 Å². The van der Waals surface area contributed by atoms with Gasteiger partial charge >= 0.3 is 0 Å². The fourth-order valence-corrected chi connectivity index (χ4v) is 11.8. The van der Waals surface area contributed by atoms with Gasteiger partial charge in [-0.2, -0.15) is 0 Å². The molecule has 4 aliphatic rings. The first-order valence-corrected chi connectivity index (χ1v) is 20.0. The van der Waals surface area contributed by atoms with Gasteiger partial charge in [0.05, 0.1) is 10.9 Å². The van der Waals surface area contributed by atoms with Gasteiger partial charge < -0.3 is 9.13 Å². The second-order valence-electron chi connectivity index (χ2n) is 19.4. The Balaban J connectivity index is 1.36. The van der Waals surface area contributed by atoms with Gasteiger partial charge in [0, 0.05) is 44.3 Å². The van der Waals surface area contributed by atoms with Crippen molar-refractivity contribution in [2.75, 3.05) is 0 Å². The maximum absolute atomic E-state index is 2.76. The van der Waals surface area contributed by atoms with E-state index < -0.39 is 5.41 Å². The first-order chi connectivity index (χ1) is 25.9. The van der Waals surface area contributed by atoms with Gasteiger partial charge in [0.15, 0.2) is 0 Å². The van der Waals surface area contributed by atoms with Crippen LogP contribution in [0.4, 0.5) is 0 Å². The van der Waals surface area contributed by atoms with E-state index >= 15 is 0 Å². The molecule has 0 fully saturated rings. The smallest absolute Gasteiger partial charge is 0.252 e. The maximum Gasteiger partial charge on any atom is 0.252 e. The molecule has 0 bridgehead atoms. The van der Waals surface area contributed by atoms with E-state index in [-0.39, 0.29) is 17.5 Å². The van der Waals surface area contributed by atoms with Crippen LogP contribution in [0.1, 0.15) is 86.2 Å². The van der Waals surface area contributed by atoms with E-state index in [1.807, 2.05) is 0 Å². The lowest BCUT2D eigenvalue weighted by molar-refractivity contribution is 0.411. The zero-order chi connectivity index (χ0) is 36.8. The van der Waals surface area contributed by atoms with Crippen molar-refractivity contribution in [2.24, 2.45) is 10.8 Å². The monoisotopic (exact) mass is 696 g/mol. The van der Waals surface area contributed by atoms with Crippen molar-refractivity contribution < 1.29 is 0 Å². The highest BCUT2D eigenvalue weighted by Crippen LogP contribution is 2.61. The first-order valence-electron chi connectivity index (χ1n) is 20.0. The SMILES string of the molecule is Cc1c(C)n2c3c(cccc13)B1c3c-2ccc2c3-n3c4c1cc(CC(C)(C)C)cc4c1cc(CC(C)(C)C)cc(c13)C21c2ccccc2-c2ccccc21. The van der Waals surface area contributed by atoms with Crippen molar-refractivity contribution in [3.05, 3.63) is 148 Å². The number of nitrogens with zero attached hydrogens (tertiary/aromatic N) is 2. The fraction of sp³-hybridized carbons (Fsp3) is 0.255.